The van der Waals surface area contributed by atoms with Crippen molar-refractivity contribution in [2.24, 2.45) is 0 Å². The summed E-state index contributed by atoms with van der Waals surface area (Å²) in [5.74, 6) is -0.925. The van der Waals surface area contributed by atoms with Gasteiger partial charge in [0.1, 0.15) is 17.5 Å². The number of halogens is 2. The molecule has 1 heterocycles. The first kappa shape index (κ1) is 16.8. The number of aromatic nitrogens is 1. The van der Waals surface area contributed by atoms with Crippen LogP contribution < -0.4 is 5.32 Å². The molecular formula is C17H15ClFN3O. The summed E-state index contributed by atoms with van der Waals surface area (Å²) in [6.45, 7) is 3.74. The second-order valence-corrected chi connectivity index (χ2v) is 5.42. The van der Waals surface area contributed by atoms with E-state index in [4.69, 9.17) is 16.9 Å². The predicted octanol–water partition coefficient (Wildman–Crippen LogP) is 3.54. The van der Waals surface area contributed by atoms with E-state index >= 15 is 0 Å². The number of hydrogen-bond donors (Lipinski definition) is 1. The maximum absolute atomic E-state index is 13.3. The number of carbonyl (C=O) groups is 1. The molecule has 2 rings (SSSR count). The lowest BCUT2D eigenvalue weighted by Crippen LogP contribution is -2.19. The fraction of sp³-hybridized carbons (Fsp3) is 0.176. The number of carbonyl (C=O) groups excluding carboxylic acids is 1. The molecule has 0 spiro atoms. The lowest BCUT2D eigenvalue weighted by atomic mass is 10.1. The summed E-state index contributed by atoms with van der Waals surface area (Å²) in [5.41, 5.74) is 3.17. The summed E-state index contributed by atoms with van der Waals surface area (Å²) in [4.78, 5) is 11.6. The third kappa shape index (κ3) is 3.27. The topological polar surface area (TPSA) is 57.8 Å². The Hall–Kier alpha value is -2.58. The van der Waals surface area contributed by atoms with Crippen molar-refractivity contribution >= 4 is 23.6 Å². The first-order chi connectivity index (χ1) is 10.9. The van der Waals surface area contributed by atoms with Gasteiger partial charge in [-0.15, -0.1) is 0 Å². The van der Waals surface area contributed by atoms with E-state index in [0.29, 0.717) is 5.69 Å². The van der Waals surface area contributed by atoms with Gasteiger partial charge in [0, 0.05) is 24.1 Å². The average molecular weight is 332 g/mol. The molecule has 0 bridgehead atoms. The van der Waals surface area contributed by atoms with Gasteiger partial charge in [0.15, 0.2) is 0 Å². The molecule has 0 fully saturated rings. The monoisotopic (exact) mass is 331 g/mol. The van der Waals surface area contributed by atoms with E-state index in [2.05, 4.69) is 5.32 Å². The van der Waals surface area contributed by atoms with Crippen LogP contribution in [0.25, 0.3) is 11.8 Å². The smallest absolute Gasteiger partial charge is 0.261 e. The number of rotatable bonds is 3. The molecule has 1 aromatic heterocycles. The Morgan fingerprint density at radius 2 is 2.09 bits per heavy atom. The van der Waals surface area contributed by atoms with E-state index < -0.39 is 11.7 Å². The zero-order valence-corrected chi connectivity index (χ0v) is 13.7. The number of nitriles is 1. The molecule has 4 nitrogen and oxygen atoms in total. The minimum atomic E-state index is -0.482. The van der Waals surface area contributed by atoms with E-state index in [9.17, 15) is 9.18 Å². The fourth-order valence-electron chi connectivity index (χ4n) is 2.39. The highest BCUT2D eigenvalue weighted by Gasteiger charge is 2.13. The Labute approximate surface area is 138 Å². The number of nitrogens with one attached hydrogen (secondary N) is 1. The summed E-state index contributed by atoms with van der Waals surface area (Å²) in [6.07, 6.45) is 1.53. The number of amides is 1. The second-order valence-electron chi connectivity index (χ2n) is 5.01. The van der Waals surface area contributed by atoms with Crippen LogP contribution in [-0.4, -0.2) is 17.5 Å². The SMILES string of the molecule is CNC(=O)/C(C#N)=C\c1cc(C)n(-c2ccc(F)c(Cl)c2)c1C. The van der Waals surface area contributed by atoms with E-state index in [1.807, 2.05) is 30.6 Å². The third-order valence-corrected chi connectivity index (χ3v) is 3.81. The second kappa shape index (κ2) is 6.67. The Morgan fingerprint density at radius 1 is 1.39 bits per heavy atom. The first-order valence-electron chi connectivity index (χ1n) is 6.87. The quantitative estimate of drug-likeness (QED) is 0.691. The maximum atomic E-state index is 13.3. The molecular weight excluding hydrogens is 317 g/mol. The van der Waals surface area contributed by atoms with Crippen LogP contribution in [-0.2, 0) is 4.79 Å². The summed E-state index contributed by atoms with van der Waals surface area (Å²) in [7, 11) is 1.47. The molecule has 1 aromatic carbocycles. The van der Waals surface area contributed by atoms with Crippen molar-refractivity contribution in [1.29, 1.82) is 5.26 Å². The Kier molecular flexibility index (Phi) is 4.87. The number of likely N-dealkylation sites (N-methyl/N-ethyl adjacent to an activating group) is 1. The van der Waals surface area contributed by atoms with Gasteiger partial charge in [-0.1, -0.05) is 11.6 Å². The average Bonchev–Trinajstić information content (AvgIpc) is 2.81. The molecule has 0 aliphatic carbocycles. The van der Waals surface area contributed by atoms with Gasteiger partial charge < -0.3 is 9.88 Å². The summed E-state index contributed by atoms with van der Waals surface area (Å²) >= 11 is 5.85. The third-order valence-electron chi connectivity index (χ3n) is 3.52. The Balaban J connectivity index is 2.56. The number of benzene rings is 1. The fourth-order valence-corrected chi connectivity index (χ4v) is 2.57. The zero-order chi connectivity index (χ0) is 17.1. The lowest BCUT2D eigenvalue weighted by Gasteiger charge is -2.10. The highest BCUT2D eigenvalue weighted by Crippen LogP contribution is 2.25. The van der Waals surface area contributed by atoms with Gasteiger partial charge in [0.2, 0.25) is 0 Å². The number of nitrogens with zero attached hydrogens (tertiary/aromatic N) is 2. The van der Waals surface area contributed by atoms with Crippen molar-refractivity contribution in [3.63, 3.8) is 0 Å². The Bertz CT molecular complexity index is 846. The minimum Gasteiger partial charge on any atom is -0.354 e. The van der Waals surface area contributed by atoms with Crippen LogP contribution in [0.1, 0.15) is 17.0 Å². The lowest BCUT2D eigenvalue weighted by molar-refractivity contribution is -0.116. The van der Waals surface area contributed by atoms with Crippen molar-refractivity contribution in [3.8, 4) is 11.8 Å². The molecule has 6 heteroatoms. The molecule has 118 valence electrons. The molecule has 0 unspecified atom stereocenters. The van der Waals surface area contributed by atoms with Gasteiger partial charge in [0.25, 0.3) is 5.91 Å². The van der Waals surface area contributed by atoms with Crippen LogP contribution in [0.3, 0.4) is 0 Å². The van der Waals surface area contributed by atoms with Crippen LogP contribution in [0.4, 0.5) is 4.39 Å². The summed E-state index contributed by atoms with van der Waals surface area (Å²) in [6, 6.07) is 8.20. The van der Waals surface area contributed by atoms with Crippen molar-refractivity contribution in [3.05, 3.63) is 57.6 Å². The van der Waals surface area contributed by atoms with Gasteiger partial charge in [-0.2, -0.15) is 5.26 Å². The molecule has 23 heavy (non-hydrogen) atoms. The molecule has 0 radical (unpaired) electrons. The van der Waals surface area contributed by atoms with E-state index in [-0.39, 0.29) is 10.6 Å². The van der Waals surface area contributed by atoms with Gasteiger partial charge in [0.05, 0.1) is 5.02 Å². The summed E-state index contributed by atoms with van der Waals surface area (Å²) < 4.78 is 15.2. The van der Waals surface area contributed by atoms with Crippen molar-refractivity contribution in [2.45, 2.75) is 13.8 Å². The maximum Gasteiger partial charge on any atom is 0.261 e. The first-order valence-corrected chi connectivity index (χ1v) is 7.25. The molecule has 1 amide bonds. The molecule has 0 saturated carbocycles. The molecule has 0 saturated heterocycles. The van der Waals surface area contributed by atoms with E-state index in [1.54, 1.807) is 6.07 Å². The minimum absolute atomic E-state index is 0.0184. The largest absolute Gasteiger partial charge is 0.354 e. The van der Waals surface area contributed by atoms with Crippen molar-refractivity contribution < 1.29 is 9.18 Å². The predicted molar refractivity (Wildman–Crippen MR) is 87.9 cm³/mol. The standard InChI is InChI=1S/C17H15ClFN3O/c1-10-6-12(7-13(9-20)17(23)21-3)11(2)22(10)14-4-5-16(19)15(18)8-14/h4-8H,1-3H3,(H,21,23)/b13-7-. The van der Waals surface area contributed by atoms with Crippen LogP contribution in [0, 0.1) is 31.0 Å². The number of aryl methyl sites for hydroxylation is 1. The normalized spacial score (nSPS) is 11.2. The van der Waals surface area contributed by atoms with Crippen LogP contribution >= 0.6 is 11.6 Å². The Morgan fingerprint density at radius 3 is 2.65 bits per heavy atom. The summed E-state index contributed by atoms with van der Waals surface area (Å²) in [5, 5.41) is 11.6. The van der Waals surface area contributed by atoms with Gasteiger partial charge >= 0.3 is 0 Å². The van der Waals surface area contributed by atoms with Crippen molar-refractivity contribution in [2.75, 3.05) is 7.05 Å². The van der Waals surface area contributed by atoms with E-state index in [0.717, 1.165) is 17.0 Å². The van der Waals surface area contributed by atoms with Gasteiger partial charge in [-0.05, 0) is 49.8 Å². The zero-order valence-electron chi connectivity index (χ0n) is 12.9. The highest BCUT2D eigenvalue weighted by molar-refractivity contribution is 6.30. The number of hydrogen-bond acceptors (Lipinski definition) is 2. The highest BCUT2D eigenvalue weighted by atomic mass is 35.5. The van der Waals surface area contributed by atoms with Gasteiger partial charge in [-0.25, -0.2) is 4.39 Å². The van der Waals surface area contributed by atoms with Crippen LogP contribution in [0.15, 0.2) is 29.8 Å². The molecule has 0 atom stereocenters. The molecule has 0 aliphatic heterocycles. The van der Waals surface area contributed by atoms with Crippen LogP contribution in [0.2, 0.25) is 5.02 Å². The molecule has 0 aliphatic rings. The van der Waals surface area contributed by atoms with E-state index in [1.165, 1.54) is 25.3 Å². The van der Waals surface area contributed by atoms with Crippen LogP contribution in [0.5, 0.6) is 0 Å². The van der Waals surface area contributed by atoms with Crippen molar-refractivity contribution in [1.82, 2.24) is 9.88 Å². The van der Waals surface area contributed by atoms with Gasteiger partial charge in [-0.3, -0.25) is 4.79 Å². The molecule has 2 aromatic rings. The molecule has 1 N–H and O–H groups in total.